The molecule has 0 aliphatic rings. The van der Waals surface area contributed by atoms with Crippen molar-refractivity contribution in [3.05, 3.63) is 71.5 Å². The third kappa shape index (κ3) is 9.21. The molecule has 3 rings (SSSR count). The van der Waals surface area contributed by atoms with Crippen LogP contribution >= 0.6 is 22.6 Å². The Bertz CT molecular complexity index is 1340. The van der Waals surface area contributed by atoms with Crippen LogP contribution < -0.4 is 25.4 Å². The zero-order valence-electron chi connectivity index (χ0n) is 22.8. The fraction of sp³-hybridized carbons (Fsp3) is 0.321. The minimum absolute atomic E-state index is 0.0640. The summed E-state index contributed by atoms with van der Waals surface area (Å²) < 4.78 is 52.9. The molecule has 0 bridgehead atoms. The van der Waals surface area contributed by atoms with Gasteiger partial charge in [-0.25, -0.2) is 4.79 Å². The maximum absolute atomic E-state index is 13.7. The van der Waals surface area contributed by atoms with E-state index in [1.54, 1.807) is 30.3 Å². The number of urea groups is 1. The molecule has 0 atom stereocenters. The van der Waals surface area contributed by atoms with Crippen LogP contribution in [0.3, 0.4) is 0 Å². The van der Waals surface area contributed by atoms with E-state index in [2.05, 4.69) is 25.8 Å². The van der Waals surface area contributed by atoms with Crippen LogP contribution in [0, 0.1) is 0 Å². The number of nitrogens with one attached hydrogen (secondary N) is 3. The van der Waals surface area contributed by atoms with E-state index in [0.29, 0.717) is 23.7 Å². The molecule has 0 spiro atoms. The number of alkyl halides is 4. The summed E-state index contributed by atoms with van der Waals surface area (Å²) in [5.74, 6) is 0.619. The first-order valence-electron chi connectivity index (χ1n) is 12.8. The molecule has 220 valence electrons. The smallest absolute Gasteiger partial charge is 0.416 e. The highest BCUT2D eigenvalue weighted by molar-refractivity contribution is 14.1. The molecule has 0 fully saturated rings. The van der Waals surface area contributed by atoms with Crippen LogP contribution in [0.5, 0.6) is 17.2 Å². The van der Waals surface area contributed by atoms with Crippen molar-refractivity contribution in [2.45, 2.75) is 24.5 Å². The summed E-state index contributed by atoms with van der Waals surface area (Å²) in [7, 11) is 1.50. The van der Waals surface area contributed by atoms with E-state index in [4.69, 9.17) is 9.47 Å². The summed E-state index contributed by atoms with van der Waals surface area (Å²) in [6.45, 7) is 6.46. The number of halogens is 4. The Balaban J connectivity index is 1.73. The molecular formula is C28H31F3IN5O4. The molecule has 3 aromatic rings. The highest BCUT2D eigenvalue weighted by atomic mass is 127. The lowest BCUT2D eigenvalue weighted by atomic mass is 10.1. The number of hydrogen-bond donors (Lipinski definition) is 3. The summed E-state index contributed by atoms with van der Waals surface area (Å²) in [4.78, 5) is 30.7. The van der Waals surface area contributed by atoms with Crippen molar-refractivity contribution in [1.82, 2.24) is 15.2 Å². The van der Waals surface area contributed by atoms with Crippen LogP contribution in [0.2, 0.25) is 0 Å². The van der Waals surface area contributed by atoms with Gasteiger partial charge >= 0.3 is 12.2 Å². The van der Waals surface area contributed by atoms with Gasteiger partial charge in [0.25, 0.3) is 5.91 Å². The van der Waals surface area contributed by atoms with Crippen molar-refractivity contribution in [3.63, 3.8) is 0 Å². The van der Waals surface area contributed by atoms with E-state index in [0.717, 1.165) is 19.2 Å². The van der Waals surface area contributed by atoms with Gasteiger partial charge in [0.05, 0.1) is 11.3 Å². The SMILES string of the molecule is CCN(CC)CCOc1cc(CI)c(C(F)(F)F)cc1NC(=O)Nc1ccc(Oc2ccnc(C(=O)NC)c2)cc1. The van der Waals surface area contributed by atoms with E-state index in [1.807, 2.05) is 36.4 Å². The molecule has 1 aromatic heterocycles. The Morgan fingerprint density at radius 1 is 1.00 bits per heavy atom. The predicted molar refractivity (Wildman–Crippen MR) is 159 cm³/mol. The summed E-state index contributed by atoms with van der Waals surface area (Å²) >= 11 is 1.87. The van der Waals surface area contributed by atoms with Crippen molar-refractivity contribution in [2.24, 2.45) is 0 Å². The first-order valence-corrected chi connectivity index (χ1v) is 14.3. The van der Waals surface area contributed by atoms with Crippen molar-refractivity contribution >= 4 is 45.9 Å². The molecule has 0 saturated heterocycles. The molecule has 0 saturated carbocycles. The summed E-state index contributed by atoms with van der Waals surface area (Å²) in [6.07, 6.45) is -3.16. The highest BCUT2D eigenvalue weighted by Crippen LogP contribution is 2.39. The predicted octanol–water partition coefficient (Wildman–Crippen LogP) is 6.55. The Morgan fingerprint density at radius 2 is 1.71 bits per heavy atom. The number of rotatable bonds is 12. The molecule has 2 aromatic carbocycles. The van der Waals surface area contributed by atoms with Gasteiger partial charge in [-0.1, -0.05) is 36.4 Å². The maximum Gasteiger partial charge on any atom is 0.416 e. The third-order valence-electron chi connectivity index (χ3n) is 6.00. The average molecular weight is 685 g/mol. The molecule has 0 unspecified atom stereocenters. The quantitative estimate of drug-likeness (QED) is 0.148. The number of likely N-dealkylation sites (N-methyl/N-ethyl adjacent to an activating group) is 1. The van der Waals surface area contributed by atoms with Gasteiger partial charge in [0.2, 0.25) is 0 Å². The second kappa shape index (κ2) is 14.9. The van der Waals surface area contributed by atoms with Crippen LogP contribution in [0.15, 0.2) is 54.7 Å². The fourth-order valence-electron chi connectivity index (χ4n) is 3.79. The van der Waals surface area contributed by atoms with Gasteiger partial charge in [0.15, 0.2) is 0 Å². The molecule has 9 nitrogen and oxygen atoms in total. The standard InChI is InChI=1S/C28H31F3IN5O4/c1-4-37(5-2)12-13-40-25-14-18(17-32)22(28(29,30)31)16-23(25)36-27(39)35-19-6-8-20(9-7-19)41-21-10-11-34-24(15-21)26(38)33-3/h6-11,14-16H,4-5,12-13,17H2,1-3H3,(H,33,38)(H2,35,36,39). The lowest BCUT2D eigenvalue weighted by molar-refractivity contribution is -0.138. The number of carbonyl (C=O) groups excluding carboxylic acids is 2. The largest absolute Gasteiger partial charge is 0.490 e. The van der Waals surface area contributed by atoms with Gasteiger partial charge in [-0.05, 0) is 61.1 Å². The van der Waals surface area contributed by atoms with Gasteiger partial charge < -0.3 is 30.3 Å². The summed E-state index contributed by atoms with van der Waals surface area (Å²) in [6, 6.07) is 10.9. The molecule has 41 heavy (non-hydrogen) atoms. The van der Waals surface area contributed by atoms with E-state index in [-0.39, 0.29) is 39.6 Å². The molecule has 0 aliphatic carbocycles. The number of anilines is 2. The highest BCUT2D eigenvalue weighted by Gasteiger charge is 2.34. The van der Waals surface area contributed by atoms with Crippen LogP contribution in [0.25, 0.3) is 0 Å². The van der Waals surface area contributed by atoms with Gasteiger partial charge in [0, 0.05) is 36.0 Å². The van der Waals surface area contributed by atoms with Crippen LogP contribution in [0.1, 0.15) is 35.5 Å². The van der Waals surface area contributed by atoms with Crippen molar-refractivity contribution in [1.29, 1.82) is 0 Å². The minimum atomic E-state index is -4.60. The second-order valence-electron chi connectivity index (χ2n) is 8.67. The normalized spacial score (nSPS) is 11.2. The van der Waals surface area contributed by atoms with Gasteiger partial charge in [-0.3, -0.25) is 9.78 Å². The van der Waals surface area contributed by atoms with Crippen LogP contribution in [-0.2, 0) is 10.6 Å². The number of carbonyl (C=O) groups is 2. The van der Waals surface area contributed by atoms with Gasteiger partial charge in [0.1, 0.15) is 29.5 Å². The van der Waals surface area contributed by atoms with E-state index in [1.165, 1.54) is 25.4 Å². The lowest BCUT2D eigenvalue weighted by Gasteiger charge is -2.21. The zero-order chi connectivity index (χ0) is 30.0. The molecular weight excluding hydrogens is 654 g/mol. The Hall–Kier alpha value is -3.59. The van der Waals surface area contributed by atoms with Gasteiger partial charge in [-0.2, -0.15) is 13.2 Å². The Labute approximate surface area is 249 Å². The fourth-order valence-corrected chi connectivity index (χ4v) is 4.42. The molecule has 13 heteroatoms. The molecule has 0 radical (unpaired) electrons. The number of hydrogen-bond acceptors (Lipinski definition) is 6. The number of aromatic nitrogens is 1. The van der Waals surface area contributed by atoms with E-state index >= 15 is 0 Å². The molecule has 1 heterocycles. The molecule has 3 N–H and O–H groups in total. The van der Waals surface area contributed by atoms with E-state index < -0.39 is 17.8 Å². The summed E-state index contributed by atoms with van der Waals surface area (Å²) in [5, 5.41) is 7.59. The Morgan fingerprint density at radius 3 is 2.32 bits per heavy atom. The van der Waals surface area contributed by atoms with Crippen molar-refractivity contribution in [3.8, 4) is 17.2 Å². The number of pyridine rings is 1. The summed E-state index contributed by atoms with van der Waals surface area (Å²) in [5.41, 5.74) is -0.298. The minimum Gasteiger partial charge on any atom is -0.490 e. The molecule has 0 aliphatic heterocycles. The maximum atomic E-state index is 13.7. The molecule has 3 amide bonds. The van der Waals surface area contributed by atoms with Crippen LogP contribution in [-0.4, -0.2) is 55.1 Å². The number of nitrogens with zero attached hydrogens (tertiary/aromatic N) is 2. The van der Waals surface area contributed by atoms with Gasteiger partial charge in [-0.15, -0.1) is 0 Å². The van der Waals surface area contributed by atoms with Crippen LogP contribution in [0.4, 0.5) is 29.3 Å². The first-order chi connectivity index (χ1) is 19.6. The topological polar surface area (TPSA) is 105 Å². The lowest BCUT2D eigenvalue weighted by Crippen LogP contribution is -2.28. The monoisotopic (exact) mass is 685 g/mol. The number of benzene rings is 2. The zero-order valence-corrected chi connectivity index (χ0v) is 24.9. The first kappa shape index (κ1) is 31.9. The number of amides is 3. The third-order valence-corrected chi connectivity index (χ3v) is 6.82. The average Bonchev–Trinajstić information content (AvgIpc) is 2.96. The number of ether oxygens (including phenoxy) is 2. The Kier molecular flexibility index (Phi) is 11.6. The second-order valence-corrected chi connectivity index (χ2v) is 9.44. The van der Waals surface area contributed by atoms with Crippen molar-refractivity contribution in [2.75, 3.05) is 43.9 Å². The van der Waals surface area contributed by atoms with Crippen molar-refractivity contribution < 1.29 is 32.2 Å². The van der Waals surface area contributed by atoms with E-state index in [9.17, 15) is 22.8 Å².